The molecule has 0 N–H and O–H groups in total. The molecule has 1 aromatic heterocycles. The Labute approximate surface area is 201 Å². The van der Waals surface area contributed by atoms with Crippen molar-refractivity contribution >= 4 is 27.6 Å². The summed E-state index contributed by atoms with van der Waals surface area (Å²) in [5.74, 6) is -0.130. The molecular formula is C26H26BrFN2O3. The lowest BCUT2D eigenvalue weighted by Gasteiger charge is -2.32. The smallest absolute Gasteiger partial charge is 0.309 e. The summed E-state index contributed by atoms with van der Waals surface area (Å²) >= 11 is 3.39. The zero-order valence-electron chi connectivity index (χ0n) is 18.5. The summed E-state index contributed by atoms with van der Waals surface area (Å²) in [6.45, 7) is 3.80. The molecule has 1 saturated heterocycles. The second kappa shape index (κ2) is 10.8. The molecule has 4 rings (SSSR count). The first kappa shape index (κ1) is 23.2. The first-order valence-corrected chi connectivity index (χ1v) is 11.9. The molecule has 0 amide bonds. The summed E-state index contributed by atoms with van der Waals surface area (Å²) in [6.07, 6.45) is 1.32. The van der Waals surface area contributed by atoms with E-state index in [2.05, 4.69) is 20.9 Å². The molecule has 1 fully saturated rings. The summed E-state index contributed by atoms with van der Waals surface area (Å²) in [7, 11) is 0. The zero-order valence-corrected chi connectivity index (χ0v) is 20.1. The van der Waals surface area contributed by atoms with E-state index in [4.69, 9.17) is 9.47 Å². The summed E-state index contributed by atoms with van der Waals surface area (Å²) in [6, 6.07) is 18.7. The van der Waals surface area contributed by atoms with Gasteiger partial charge >= 0.3 is 5.97 Å². The summed E-state index contributed by atoms with van der Waals surface area (Å²) in [5.41, 5.74) is 2.98. The van der Waals surface area contributed by atoms with E-state index >= 15 is 4.39 Å². The molecular weight excluding hydrogens is 487 g/mol. The van der Waals surface area contributed by atoms with E-state index in [9.17, 15) is 4.79 Å². The number of pyridine rings is 1. The van der Waals surface area contributed by atoms with Gasteiger partial charge in [0.05, 0.1) is 18.2 Å². The second-order valence-electron chi connectivity index (χ2n) is 7.94. The summed E-state index contributed by atoms with van der Waals surface area (Å²) in [5, 5.41) is 0. The van der Waals surface area contributed by atoms with Crippen LogP contribution in [0.5, 0.6) is 5.88 Å². The first-order chi connectivity index (χ1) is 16.0. The maximum absolute atomic E-state index is 15.2. The van der Waals surface area contributed by atoms with Crippen molar-refractivity contribution in [2.75, 3.05) is 24.6 Å². The summed E-state index contributed by atoms with van der Waals surface area (Å²) in [4.78, 5) is 18.4. The van der Waals surface area contributed by atoms with Gasteiger partial charge in [0.1, 0.15) is 17.0 Å². The van der Waals surface area contributed by atoms with Crippen LogP contribution in [0.2, 0.25) is 0 Å². The number of esters is 1. The lowest BCUT2D eigenvalue weighted by atomic mass is 9.96. The average molecular weight is 513 g/mol. The predicted octanol–water partition coefficient (Wildman–Crippen LogP) is 6.01. The number of hydrogen-bond acceptors (Lipinski definition) is 5. The van der Waals surface area contributed by atoms with Crippen LogP contribution < -0.4 is 9.64 Å². The van der Waals surface area contributed by atoms with Crippen LogP contribution in [-0.4, -0.2) is 30.6 Å². The quantitative estimate of drug-likeness (QED) is 0.286. The molecule has 0 bridgehead atoms. The highest BCUT2D eigenvalue weighted by atomic mass is 79.9. The molecule has 0 aliphatic carbocycles. The monoisotopic (exact) mass is 512 g/mol. The Kier molecular flexibility index (Phi) is 7.60. The Hall–Kier alpha value is -2.93. The van der Waals surface area contributed by atoms with E-state index in [1.54, 1.807) is 6.07 Å². The highest BCUT2D eigenvalue weighted by molar-refractivity contribution is 9.10. The highest BCUT2D eigenvalue weighted by Crippen LogP contribution is 2.34. The van der Waals surface area contributed by atoms with E-state index in [1.165, 1.54) is 6.07 Å². The molecule has 0 radical (unpaired) electrons. The van der Waals surface area contributed by atoms with E-state index in [1.807, 2.05) is 60.4 Å². The molecule has 172 valence electrons. The van der Waals surface area contributed by atoms with Gasteiger partial charge in [0.15, 0.2) is 0 Å². The number of aromatic nitrogens is 1. The number of rotatable bonds is 7. The van der Waals surface area contributed by atoms with Crippen LogP contribution >= 0.6 is 15.9 Å². The van der Waals surface area contributed by atoms with Gasteiger partial charge in [-0.2, -0.15) is 0 Å². The molecule has 33 heavy (non-hydrogen) atoms. The largest absolute Gasteiger partial charge is 0.472 e. The van der Waals surface area contributed by atoms with Gasteiger partial charge < -0.3 is 14.4 Å². The molecule has 5 nitrogen and oxygen atoms in total. The summed E-state index contributed by atoms with van der Waals surface area (Å²) < 4.78 is 26.9. The van der Waals surface area contributed by atoms with Gasteiger partial charge in [-0.3, -0.25) is 4.79 Å². The van der Waals surface area contributed by atoms with Crippen molar-refractivity contribution in [1.82, 2.24) is 4.98 Å². The number of halogens is 2. The van der Waals surface area contributed by atoms with E-state index in [0.717, 1.165) is 11.1 Å². The number of benzene rings is 2. The number of carbonyl (C=O) groups is 1. The van der Waals surface area contributed by atoms with Gasteiger partial charge in [-0.15, -0.1) is 0 Å². The fraction of sp³-hybridized carbons (Fsp3) is 0.308. The highest BCUT2D eigenvalue weighted by Gasteiger charge is 2.27. The van der Waals surface area contributed by atoms with Gasteiger partial charge in [-0.1, -0.05) is 36.4 Å². The third kappa shape index (κ3) is 5.71. The van der Waals surface area contributed by atoms with Gasteiger partial charge in [-0.25, -0.2) is 9.37 Å². The number of ether oxygens (including phenoxy) is 2. The van der Waals surface area contributed by atoms with Crippen molar-refractivity contribution in [3.63, 3.8) is 0 Å². The van der Waals surface area contributed by atoms with Crippen molar-refractivity contribution in [3.8, 4) is 17.0 Å². The number of nitrogens with zero attached hydrogens (tertiary/aromatic N) is 2. The zero-order chi connectivity index (χ0) is 23.2. The second-order valence-corrected chi connectivity index (χ2v) is 8.75. The Bertz CT molecular complexity index is 1100. The Morgan fingerprint density at radius 1 is 1.12 bits per heavy atom. The minimum atomic E-state index is -0.306. The van der Waals surface area contributed by atoms with Gasteiger partial charge in [0.25, 0.3) is 0 Å². The minimum absolute atomic E-state index is 0.110. The number of carbonyl (C=O) groups excluding carboxylic acids is 1. The fourth-order valence-corrected chi connectivity index (χ4v) is 4.31. The van der Waals surface area contributed by atoms with Crippen LogP contribution in [-0.2, 0) is 16.1 Å². The van der Waals surface area contributed by atoms with Crippen LogP contribution in [0.4, 0.5) is 10.1 Å². The van der Waals surface area contributed by atoms with Crippen LogP contribution in [0.15, 0.2) is 65.3 Å². The molecule has 1 aliphatic rings. The van der Waals surface area contributed by atoms with E-state index < -0.39 is 0 Å². The molecule has 2 heterocycles. The normalized spacial score (nSPS) is 14.2. The standard InChI is InChI=1S/C26H26BrFN2O3/c1-2-32-26(31)19-12-14-30(15-13-19)23-10-8-20(16-22(23)28)21-9-11-24(27)29-25(21)33-17-18-6-4-3-5-7-18/h3-11,16,19H,2,12-15,17H2,1H3. The van der Waals surface area contributed by atoms with Crippen LogP contribution in [0.3, 0.4) is 0 Å². The molecule has 0 spiro atoms. The molecule has 2 aromatic carbocycles. The van der Waals surface area contributed by atoms with Crippen molar-refractivity contribution in [2.45, 2.75) is 26.4 Å². The fourth-order valence-electron chi connectivity index (χ4n) is 4.02. The van der Waals surface area contributed by atoms with Crippen molar-refractivity contribution in [1.29, 1.82) is 0 Å². The Morgan fingerprint density at radius 2 is 1.88 bits per heavy atom. The van der Waals surface area contributed by atoms with E-state index in [0.29, 0.717) is 60.9 Å². The van der Waals surface area contributed by atoms with Gasteiger partial charge in [-0.05, 0) is 71.1 Å². The Morgan fingerprint density at radius 3 is 2.58 bits per heavy atom. The number of hydrogen-bond donors (Lipinski definition) is 0. The van der Waals surface area contributed by atoms with Crippen molar-refractivity contribution in [3.05, 3.63) is 76.6 Å². The molecule has 0 unspecified atom stereocenters. The average Bonchev–Trinajstić information content (AvgIpc) is 2.84. The predicted molar refractivity (Wildman–Crippen MR) is 130 cm³/mol. The van der Waals surface area contributed by atoms with Crippen LogP contribution in [0.1, 0.15) is 25.3 Å². The lowest BCUT2D eigenvalue weighted by molar-refractivity contribution is -0.148. The Balaban J connectivity index is 1.50. The topological polar surface area (TPSA) is 51.7 Å². The van der Waals surface area contributed by atoms with E-state index in [-0.39, 0.29) is 17.7 Å². The minimum Gasteiger partial charge on any atom is -0.472 e. The van der Waals surface area contributed by atoms with Gasteiger partial charge in [0, 0.05) is 18.7 Å². The maximum atomic E-state index is 15.2. The van der Waals surface area contributed by atoms with Crippen molar-refractivity contribution in [2.24, 2.45) is 5.92 Å². The molecule has 7 heteroatoms. The van der Waals surface area contributed by atoms with Crippen LogP contribution in [0.25, 0.3) is 11.1 Å². The molecule has 3 aromatic rings. The SMILES string of the molecule is CCOC(=O)C1CCN(c2ccc(-c3ccc(Br)nc3OCc3ccccc3)cc2F)CC1. The number of anilines is 1. The first-order valence-electron chi connectivity index (χ1n) is 11.1. The maximum Gasteiger partial charge on any atom is 0.309 e. The molecule has 1 aliphatic heterocycles. The molecule has 0 saturated carbocycles. The molecule has 0 atom stereocenters. The third-order valence-electron chi connectivity index (χ3n) is 5.76. The van der Waals surface area contributed by atoms with Crippen LogP contribution in [0, 0.1) is 11.7 Å². The van der Waals surface area contributed by atoms with Gasteiger partial charge in [0.2, 0.25) is 5.88 Å². The number of piperidine rings is 1. The lowest BCUT2D eigenvalue weighted by Crippen LogP contribution is -2.37. The third-order valence-corrected chi connectivity index (χ3v) is 6.20. The van der Waals surface area contributed by atoms with Crippen molar-refractivity contribution < 1.29 is 18.7 Å².